The number of nitrogens with zero attached hydrogens (tertiary/aromatic N) is 4. The van der Waals surface area contributed by atoms with E-state index in [1.165, 1.54) is 0 Å². The molecule has 0 spiro atoms. The minimum Gasteiger partial charge on any atom is -0.254 e. The molecule has 0 aliphatic carbocycles. The first-order chi connectivity index (χ1) is 15.5. The number of aromatic nitrogens is 4. The molecule has 4 heteroatoms. The molecule has 4 aromatic heterocycles. The summed E-state index contributed by atoms with van der Waals surface area (Å²) in [5, 5.41) is 0. The molecule has 0 amide bonds. The number of pyridine rings is 4. The molecule has 0 N–H and O–H groups in total. The van der Waals surface area contributed by atoms with E-state index in [1.54, 1.807) is 0 Å². The van der Waals surface area contributed by atoms with Crippen LogP contribution in [0.1, 0.15) is 33.4 Å². The van der Waals surface area contributed by atoms with E-state index in [0.717, 1.165) is 56.2 Å². The van der Waals surface area contributed by atoms with E-state index in [-0.39, 0.29) is 0 Å². The lowest BCUT2D eigenvalue weighted by atomic mass is 10.1. The maximum atomic E-state index is 4.56. The van der Waals surface area contributed by atoms with Gasteiger partial charge in [-0.05, 0) is 86.1 Å². The van der Waals surface area contributed by atoms with Gasteiger partial charge in [-0.15, -0.1) is 0 Å². The second-order valence-electron chi connectivity index (χ2n) is 7.76. The summed E-state index contributed by atoms with van der Waals surface area (Å²) in [7, 11) is 0. The van der Waals surface area contributed by atoms with Crippen molar-refractivity contribution >= 4 is 0 Å². The third kappa shape index (κ3) is 4.89. The van der Waals surface area contributed by atoms with Gasteiger partial charge in [0.15, 0.2) is 0 Å². The number of aryl methyl sites for hydroxylation is 4. The second-order valence-corrected chi connectivity index (χ2v) is 7.76. The van der Waals surface area contributed by atoms with Gasteiger partial charge >= 0.3 is 0 Å². The van der Waals surface area contributed by atoms with Gasteiger partial charge in [0.25, 0.3) is 0 Å². The third-order valence-corrected chi connectivity index (χ3v) is 4.81. The molecule has 32 heavy (non-hydrogen) atoms. The van der Waals surface area contributed by atoms with Crippen molar-refractivity contribution in [3.63, 3.8) is 0 Å². The van der Waals surface area contributed by atoms with Crippen molar-refractivity contribution in [1.29, 1.82) is 0 Å². The fourth-order valence-electron chi connectivity index (χ4n) is 3.15. The van der Waals surface area contributed by atoms with Crippen LogP contribution < -0.4 is 0 Å². The topological polar surface area (TPSA) is 51.6 Å². The lowest BCUT2D eigenvalue weighted by Gasteiger charge is -2.05. The van der Waals surface area contributed by atoms with Crippen molar-refractivity contribution in [3.05, 3.63) is 94.6 Å². The molecular weight excluding hydrogens is 392 g/mol. The van der Waals surface area contributed by atoms with Crippen LogP contribution in [0.25, 0.3) is 22.8 Å². The summed E-state index contributed by atoms with van der Waals surface area (Å²) in [6.07, 6.45) is 7.32. The minimum atomic E-state index is 0.756. The first-order valence-corrected chi connectivity index (χ1v) is 10.3. The maximum Gasteiger partial charge on any atom is 0.104 e. The highest BCUT2D eigenvalue weighted by atomic mass is 14.8. The molecule has 0 aromatic carbocycles. The van der Waals surface area contributed by atoms with Crippen LogP contribution in [0.3, 0.4) is 0 Å². The van der Waals surface area contributed by atoms with Gasteiger partial charge in [-0.1, -0.05) is 24.0 Å². The van der Waals surface area contributed by atoms with Gasteiger partial charge in [-0.3, -0.25) is 19.9 Å². The van der Waals surface area contributed by atoms with Crippen molar-refractivity contribution in [2.45, 2.75) is 27.7 Å². The lowest BCUT2D eigenvalue weighted by molar-refractivity contribution is 1.20. The first kappa shape index (κ1) is 21.0. The molecule has 0 unspecified atom stereocenters. The second kappa shape index (κ2) is 9.25. The molecule has 4 rings (SSSR count). The molecule has 4 heterocycles. The average molecular weight is 415 g/mol. The summed E-state index contributed by atoms with van der Waals surface area (Å²) < 4.78 is 0. The fraction of sp³-hybridized carbons (Fsp3) is 0.143. The van der Waals surface area contributed by atoms with Gasteiger partial charge in [0.05, 0.1) is 22.5 Å². The van der Waals surface area contributed by atoms with Crippen molar-refractivity contribution in [3.8, 4) is 46.5 Å². The zero-order valence-corrected chi connectivity index (χ0v) is 18.6. The predicted molar refractivity (Wildman–Crippen MR) is 128 cm³/mol. The van der Waals surface area contributed by atoms with Crippen molar-refractivity contribution in [2.24, 2.45) is 0 Å². The molecule has 0 aliphatic heterocycles. The zero-order valence-electron chi connectivity index (χ0n) is 18.6. The smallest absolute Gasteiger partial charge is 0.104 e. The van der Waals surface area contributed by atoms with Gasteiger partial charge in [-0.2, -0.15) is 0 Å². The Morgan fingerprint density at radius 1 is 0.500 bits per heavy atom. The van der Waals surface area contributed by atoms with Crippen molar-refractivity contribution < 1.29 is 0 Å². The summed E-state index contributed by atoms with van der Waals surface area (Å²) >= 11 is 0. The highest BCUT2D eigenvalue weighted by molar-refractivity contribution is 5.67. The molecule has 0 atom stereocenters. The largest absolute Gasteiger partial charge is 0.254 e. The Labute approximate surface area is 188 Å². The summed E-state index contributed by atoms with van der Waals surface area (Å²) in [6, 6.07) is 12.0. The molecule has 0 saturated heterocycles. The van der Waals surface area contributed by atoms with E-state index in [1.807, 2.05) is 88.9 Å². The number of hydrogen-bond donors (Lipinski definition) is 0. The Bertz CT molecular complexity index is 1280. The summed E-state index contributed by atoms with van der Waals surface area (Å²) in [5.74, 6) is 12.3. The fourth-order valence-corrected chi connectivity index (χ4v) is 3.15. The lowest BCUT2D eigenvalue weighted by Crippen LogP contribution is -1.94. The molecule has 0 bridgehead atoms. The molecular formula is C28H22N4. The van der Waals surface area contributed by atoms with Gasteiger partial charge in [-0.25, -0.2) is 0 Å². The van der Waals surface area contributed by atoms with Gasteiger partial charge < -0.3 is 0 Å². The van der Waals surface area contributed by atoms with Crippen LogP contribution in [0.15, 0.2) is 61.2 Å². The monoisotopic (exact) mass is 414 g/mol. The Hall–Kier alpha value is -4.28. The van der Waals surface area contributed by atoms with Gasteiger partial charge in [0.2, 0.25) is 0 Å². The van der Waals surface area contributed by atoms with Crippen molar-refractivity contribution in [2.75, 3.05) is 0 Å². The van der Waals surface area contributed by atoms with Crippen LogP contribution in [-0.4, -0.2) is 19.9 Å². The predicted octanol–water partition coefficient (Wildman–Crippen LogP) is 5.24. The molecule has 4 aromatic rings. The Morgan fingerprint density at radius 2 is 0.906 bits per heavy atom. The van der Waals surface area contributed by atoms with Crippen LogP contribution in [-0.2, 0) is 0 Å². The average Bonchev–Trinajstić information content (AvgIpc) is 2.78. The van der Waals surface area contributed by atoms with Gasteiger partial charge in [0, 0.05) is 24.8 Å². The zero-order chi connectivity index (χ0) is 22.5. The normalized spacial score (nSPS) is 10.0. The number of hydrogen-bond acceptors (Lipinski definition) is 4. The highest BCUT2D eigenvalue weighted by Crippen LogP contribution is 2.21. The SMILES string of the molecule is Cc1ccc(-c2ncc(C)cc2C#CC#Cc2cc(C)cnc2-c2ccc(C)cn2)nc1. The standard InChI is InChI=1S/C28H22N4/c1-19-9-11-25(29-15-19)27-23(13-21(3)17-31-27)7-5-6-8-24-14-22(4)18-32-28(24)26-12-10-20(2)16-30-26/h9-18H,1-4H3. The summed E-state index contributed by atoms with van der Waals surface area (Å²) in [4.78, 5) is 18.1. The quantitative estimate of drug-likeness (QED) is 0.421. The van der Waals surface area contributed by atoms with E-state index >= 15 is 0 Å². The van der Waals surface area contributed by atoms with Crippen LogP contribution in [0.2, 0.25) is 0 Å². The minimum absolute atomic E-state index is 0.756. The van der Waals surface area contributed by atoms with E-state index in [2.05, 4.69) is 43.6 Å². The summed E-state index contributed by atoms with van der Waals surface area (Å²) in [6.45, 7) is 8.01. The molecule has 0 fully saturated rings. The van der Waals surface area contributed by atoms with Crippen LogP contribution >= 0.6 is 0 Å². The van der Waals surface area contributed by atoms with Crippen LogP contribution in [0.4, 0.5) is 0 Å². The van der Waals surface area contributed by atoms with E-state index in [0.29, 0.717) is 0 Å². The third-order valence-electron chi connectivity index (χ3n) is 4.81. The Morgan fingerprint density at radius 3 is 1.28 bits per heavy atom. The summed E-state index contributed by atoms with van der Waals surface area (Å²) in [5.41, 5.74) is 8.99. The van der Waals surface area contributed by atoms with Crippen LogP contribution in [0.5, 0.6) is 0 Å². The highest BCUT2D eigenvalue weighted by Gasteiger charge is 2.08. The van der Waals surface area contributed by atoms with Crippen molar-refractivity contribution in [1.82, 2.24) is 19.9 Å². The number of rotatable bonds is 2. The Kier molecular flexibility index (Phi) is 6.06. The molecule has 4 nitrogen and oxygen atoms in total. The Balaban J connectivity index is 1.70. The molecule has 0 radical (unpaired) electrons. The van der Waals surface area contributed by atoms with Crippen LogP contribution in [0, 0.1) is 51.4 Å². The van der Waals surface area contributed by atoms with E-state index in [4.69, 9.17) is 0 Å². The molecule has 154 valence electrons. The van der Waals surface area contributed by atoms with E-state index < -0.39 is 0 Å². The van der Waals surface area contributed by atoms with E-state index in [9.17, 15) is 0 Å². The molecule has 0 aliphatic rings. The first-order valence-electron chi connectivity index (χ1n) is 10.3. The van der Waals surface area contributed by atoms with Gasteiger partial charge in [0.1, 0.15) is 11.4 Å². The maximum absolute atomic E-state index is 4.56. The molecule has 0 saturated carbocycles.